The zero-order valence-corrected chi connectivity index (χ0v) is 25.4. The van der Waals surface area contributed by atoms with Crippen LogP contribution in [0.3, 0.4) is 0 Å². The Morgan fingerprint density at radius 1 is 0.500 bits per heavy atom. The number of fused-ring (bicyclic) bond motifs is 5. The number of pyridine rings is 1. The molecule has 0 saturated heterocycles. The Hall–Kier alpha value is -7.20. The number of rotatable bonds is 4. The fourth-order valence-electron chi connectivity index (χ4n) is 6.24. The SMILES string of the molecule is [C-]#[N+]c1cc(C#N)cc(-c2ccc(-c3nc4ccccc4c4c3cc([N+]#[C-])c3nc(-c5ccccc5)c(-c5ccccc5)nc34)cc2)c1. The summed E-state index contributed by atoms with van der Waals surface area (Å²) in [7, 11) is 0. The zero-order chi connectivity index (χ0) is 32.6. The molecule has 0 fully saturated rings. The van der Waals surface area contributed by atoms with Gasteiger partial charge in [0.2, 0.25) is 5.69 Å². The first kappa shape index (κ1) is 28.3. The van der Waals surface area contributed by atoms with Crippen molar-refractivity contribution >= 4 is 44.1 Å². The van der Waals surface area contributed by atoms with Gasteiger partial charge in [-0.05, 0) is 41.5 Å². The van der Waals surface area contributed by atoms with Crippen molar-refractivity contribution in [1.29, 1.82) is 5.26 Å². The van der Waals surface area contributed by atoms with Gasteiger partial charge >= 0.3 is 0 Å². The maximum absolute atomic E-state index is 9.49. The lowest BCUT2D eigenvalue weighted by molar-refractivity contribution is 1.30. The minimum absolute atomic E-state index is 0.400. The normalized spacial score (nSPS) is 10.9. The van der Waals surface area contributed by atoms with E-state index in [9.17, 15) is 5.26 Å². The fraction of sp³-hybridized carbons (Fsp3) is 0. The van der Waals surface area contributed by atoms with Crippen molar-refractivity contribution < 1.29 is 0 Å². The Labute approximate surface area is 276 Å². The van der Waals surface area contributed by atoms with Gasteiger partial charge in [-0.15, -0.1) is 0 Å². The van der Waals surface area contributed by atoms with Gasteiger partial charge in [0.05, 0.1) is 52.8 Å². The monoisotopic (exact) mass is 610 g/mol. The van der Waals surface area contributed by atoms with Crippen LogP contribution >= 0.6 is 0 Å². The lowest BCUT2D eigenvalue weighted by Gasteiger charge is -2.16. The first-order valence-electron chi connectivity index (χ1n) is 15.2. The van der Waals surface area contributed by atoms with E-state index >= 15 is 0 Å². The van der Waals surface area contributed by atoms with Gasteiger partial charge in [-0.25, -0.2) is 19.7 Å². The van der Waals surface area contributed by atoms with Crippen molar-refractivity contribution in [3.05, 3.63) is 162 Å². The molecule has 0 saturated carbocycles. The van der Waals surface area contributed by atoms with E-state index < -0.39 is 0 Å². The highest BCUT2D eigenvalue weighted by Gasteiger charge is 2.21. The van der Waals surface area contributed by atoms with Crippen molar-refractivity contribution in [2.45, 2.75) is 0 Å². The molecule has 6 aromatic carbocycles. The van der Waals surface area contributed by atoms with E-state index in [1.165, 1.54) is 0 Å². The van der Waals surface area contributed by atoms with Gasteiger partial charge in [-0.1, -0.05) is 103 Å². The molecule has 48 heavy (non-hydrogen) atoms. The number of aromatic nitrogens is 3. The molecule has 0 atom stereocenters. The summed E-state index contributed by atoms with van der Waals surface area (Å²) in [6.07, 6.45) is 0. The van der Waals surface area contributed by atoms with E-state index in [-0.39, 0.29) is 0 Å². The first-order chi connectivity index (χ1) is 23.6. The molecule has 2 aromatic heterocycles. The highest BCUT2D eigenvalue weighted by Crippen LogP contribution is 2.42. The van der Waals surface area contributed by atoms with E-state index in [0.29, 0.717) is 28.0 Å². The van der Waals surface area contributed by atoms with Gasteiger partial charge in [0.1, 0.15) is 0 Å². The lowest BCUT2D eigenvalue weighted by atomic mass is 9.95. The van der Waals surface area contributed by atoms with Gasteiger partial charge in [-0.2, -0.15) is 5.26 Å². The molecule has 0 aliphatic rings. The highest BCUT2D eigenvalue weighted by molar-refractivity contribution is 6.23. The van der Waals surface area contributed by atoms with E-state index in [1.54, 1.807) is 18.2 Å². The Kier molecular flexibility index (Phi) is 6.85. The molecule has 8 aromatic rings. The smallest absolute Gasteiger partial charge is 0.215 e. The summed E-state index contributed by atoms with van der Waals surface area (Å²) in [5, 5.41) is 12.1. The van der Waals surface area contributed by atoms with Crippen molar-refractivity contribution in [1.82, 2.24) is 15.0 Å². The molecule has 0 bridgehead atoms. The van der Waals surface area contributed by atoms with Crippen LogP contribution in [0.15, 0.2) is 133 Å². The number of hydrogen-bond acceptors (Lipinski definition) is 4. The molecule has 0 aliphatic heterocycles. The Morgan fingerprint density at radius 2 is 1.10 bits per heavy atom. The Balaban J connectivity index is 1.42. The maximum Gasteiger partial charge on any atom is 0.215 e. The molecular weight excluding hydrogens is 589 g/mol. The average Bonchev–Trinajstić information content (AvgIpc) is 3.17. The number of para-hydroxylation sites is 1. The molecule has 2 heterocycles. The van der Waals surface area contributed by atoms with Crippen LogP contribution in [0, 0.1) is 24.5 Å². The summed E-state index contributed by atoms with van der Waals surface area (Å²) in [5.74, 6) is 0. The minimum Gasteiger partial charge on any atom is -0.255 e. The topological polar surface area (TPSA) is 71.2 Å². The maximum atomic E-state index is 9.49. The Morgan fingerprint density at radius 3 is 1.75 bits per heavy atom. The second-order valence-electron chi connectivity index (χ2n) is 11.3. The predicted molar refractivity (Wildman–Crippen MR) is 191 cm³/mol. The lowest BCUT2D eigenvalue weighted by Crippen LogP contribution is -1.98. The summed E-state index contributed by atoms with van der Waals surface area (Å²) in [6.45, 7) is 15.7. The third-order valence-electron chi connectivity index (χ3n) is 8.47. The van der Waals surface area contributed by atoms with Crippen LogP contribution in [-0.2, 0) is 0 Å². The summed E-state index contributed by atoms with van der Waals surface area (Å²) in [5.41, 5.74) is 9.83. The zero-order valence-electron chi connectivity index (χ0n) is 25.4. The van der Waals surface area contributed by atoms with Crippen molar-refractivity contribution in [3.63, 3.8) is 0 Å². The largest absolute Gasteiger partial charge is 0.255 e. The standard InChI is InChI=1S/C42H22N6/c1-44-32-22-26(25-43)21-31(23-32)27-17-19-30(20-18-27)38-34-24-36(45-2)41-42(37(34)33-15-9-10-16-35(33)46-38)48-40(29-13-7-4-8-14-29)39(47-41)28-11-5-3-6-12-28/h3-24H. The van der Waals surface area contributed by atoms with Crippen LogP contribution in [0.5, 0.6) is 0 Å². The van der Waals surface area contributed by atoms with Crippen LogP contribution in [0.2, 0.25) is 0 Å². The van der Waals surface area contributed by atoms with E-state index in [0.717, 1.165) is 66.6 Å². The summed E-state index contributed by atoms with van der Waals surface area (Å²) >= 11 is 0. The van der Waals surface area contributed by atoms with E-state index in [1.807, 2.05) is 115 Å². The predicted octanol–water partition coefficient (Wildman–Crippen LogP) is 11.0. The third-order valence-corrected chi connectivity index (χ3v) is 8.47. The number of nitrogens with zero attached hydrogens (tertiary/aromatic N) is 6. The molecule has 0 amide bonds. The van der Waals surface area contributed by atoms with Crippen LogP contribution in [0.25, 0.3) is 87.3 Å². The van der Waals surface area contributed by atoms with Gasteiger partial charge in [0.15, 0.2) is 5.69 Å². The molecule has 8 rings (SSSR count). The van der Waals surface area contributed by atoms with Gasteiger partial charge in [0.25, 0.3) is 0 Å². The molecular formula is C42H22N6. The Bertz CT molecular complexity index is 2650. The number of benzene rings is 6. The first-order valence-corrected chi connectivity index (χ1v) is 15.2. The van der Waals surface area contributed by atoms with Crippen LogP contribution in [0.4, 0.5) is 11.4 Å². The highest BCUT2D eigenvalue weighted by atomic mass is 14.9. The second-order valence-corrected chi connectivity index (χ2v) is 11.3. The van der Waals surface area contributed by atoms with Gasteiger partial charge < -0.3 is 0 Å². The minimum atomic E-state index is 0.400. The quantitative estimate of drug-likeness (QED) is 0.147. The molecule has 6 nitrogen and oxygen atoms in total. The third kappa shape index (κ3) is 4.77. The van der Waals surface area contributed by atoms with Crippen molar-refractivity contribution in [3.8, 4) is 51.0 Å². The molecule has 0 N–H and O–H groups in total. The van der Waals surface area contributed by atoms with Crippen molar-refractivity contribution in [2.24, 2.45) is 0 Å². The molecule has 220 valence electrons. The van der Waals surface area contributed by atoms with Gasteiger partial charge in [-0.3, -0.25) is 4.98 Å². The summed E-state index contributed by atoms with van der Waals surface area (Å²) in [4.78, 5) is 23.1. The fourth-order valence-corrected chi connectivity index (χ4v) is 6.24. The molecule has 0 unspecified atom stereocenters. The van der Waals surface area contributed by atoms with E-state index in [2.05, 4.69) is 15.8 Å². The second kappa shape index (κ2) is 11.6. The van der Waals surface area contributed by atoms with E-state index in [4.69, 9.17) is 28.1 Å². The van der Waals surface area contributed by atoms with Crippen molar-refractivity contribution in [2.75, 3.05) is 0 Å². The summed E-state index contributed by atoms with van der Waals surface area (Å²) < 4.78 is 0. The van der Waals surface area contributed by atoms with Crippen LogP contribution < -0.4 is 0 Å². The molecule has 0 radical (unpaired) electrons. The van der Waals surface area contributed by atoms with Gasteiger partial charge in [0, 0.05) is 38.4 Å². The number of hydrogen-bond donors (Lipinski definition) is 0. The molecule has 0 aliphatic carbocycles. The average molecular weight is 611 g/mol. The summed E-state index contributed by atoms with van der Waals surface area (Å²) in [6, 6.07) is 45.1. The van der Waals surface area contributed by atoms with Crippen LogP contribution in [0.1, 0.15) is 5.56 Å². The number of nitriles is 1. The van der Waals surface area contributed by atoms with Crippen LogP contribution in [-0.4, -0.2) is 15.0 Å². The molecule has 6 heteroatoms. The molecule has 0 spiro atoms.